The zero-order valence-corrected chi connectivity index (χ0v) is 17.3. The highest BCUT2D eigenvalue weighted by atomic mass is 35.5. The van der Waals surface area contributed by atoms with Gasteiger partial charge < -0.3 is 14.8 Å². The van der Waals surface area contributed by atoms with Gasteiger partial charge in [0.05, 0.1) is 25.6 Å². The summed E-state index contributed by atoms with van der Waals surface area (Å²) in [6.07, 6.45) is 0. The quantitative estimate of drug-likeness (QED) is 0.501. The Morgan fingerprint density at radius 1 is 1.11 bits per heavy atom. The maximum absolute atomic E-state index is 12.6. The molecule has 0 radical (unpaired) electrons. The number of nitrogens with zero attached hydrogens (tertiary/aromatic N) is 2. The number of carbonyl (C=O) groups is 2. The van der Waals surface area contributed by atoms with Gasteiger partial charge in [-0.05, 0) is 31.5 Å². The number of azo groups is 1. The number of methoxy groups -OCH3 is 2. The number of aryl methyl sites for hydroxylation is 1. The number of halogens is 2. The first-order chi connectivity index (χ1) is 13.3. The van der Waals surface area contributed by atoms with Crippen LogP contribution in [0.2, 0.25) is 10.0 Å². The third-order valence-corrected chi connectivity index (χ3v) is 4.44. The minimum absolute atomic E-state index is 0.168. The fourth-order valence-electron chi connectivity index (χ4n) is 2.26. The Morgan fingerprint density at radius 3 is 2.43 bits per heavy atom. The number of amides is 1. The highest BCUT2D eigenvalue weighted by molar-refractivity contribution is 6.35. The van der Waals surface area contributed by atoms with Gasteiger partial charge in [-0.25, -0.2) is 0 Å². The molecule has 0 spiro atoms. The molecule has 0 heterocycles. The van der Waals surface area contributed by atoms with Crippen molar-refractivity contribution in [3.05, 3.63) is 45.9 Å². The molecule has 148 valence electrons. The number of anilines is 1. The Morgan fingerprint density at radius 2 is 1.82 bits per heavy atom. The van der Waals surface area contributed by atoms with Gasteiger partial charge in [-0.1, -0.05) is 29.3 Å². The second-order valence-electron chi connectivity index (χ2n) is 5.84. The number of ether oxygens (including phenoxy) is 2. The number of Topliss-reactive ketones (excluding diaryl/α,β-unsaturated/α-hetero) is 1. The summed E-state index contributed by atoms with van der Waals surface area (Å²) in [5.74, 6) is -0.431. The van der Waals surface area contributed by atoms with E-state index in [4.69, 9.17) is 32.7 Å². The van der Waals surface area contributed by atoms with Gasteiger partial charge in [0.1, 0.15) is 16.5 Å². The molecule has 1 unspecified atom stereocenters. The van der Waals surface area contributed by atoms with Crippen molar-refractivity contribution < 1.29 is 19.1 Å². The predicted molar refractivity (Wildman–Crippen MR) is 108 cm³/mol. The molecule has 9 heteroatoms. The van der Waals surface area contributed by atoms with Crippen LogP contribution >= 0.6 is 23.2 Å². The molecule has 0 saturated carbocycles. The fourth-order valence-corrected chi connectivity index (χ4v) is 2.66. The molecule has 0 aromatic heterocycles. The van der Waals surface area contributed by atoms with Crippen molar-refractivity contribution in [2.75, 3.05) is 19.5 Å². The van der Waals surface area contributed by atoms with Gasteiger partial charge in [-0.2, -0.15) is 10.2 Å². The van der Waals surface area contributed by atoms with Crippen LogP contribution in [0.4, 0.5) is 11.4 Å². The monoisotopic (exact) mass is 423 g/mol. The molecule has 2 aromatic carbocycles. The lowest BCUT2D eigenvalue weighted by atomic mass is 10.2. The molecule has 1 N–H and O–H groups in total. The molecular weight excluding hydrogens is 405 g/mol. The Balaban J connectivity index is 2.30. The lowest BCUT2D eigenvalue weighted by molar-refractivity contribution is -0.126. The lowest BCUT2D eigenvalue weighted by Gasteiger charge is -2.14. The van der Waals surface area contributed by atoms with Crippen molar-refractivity contribution in [1.82, 2.24) is 0 Å². The highest BCUT2D eigenvalue weighted by Crippen LogP contribution is 2.36. The first kappa shape index (κ1) is 21.7. The molecule has 7 nitrogen and oxygen atoms in total. The Hall–Kier alpha value is -2.64. The minimum atomic E-state index is -1.35. The molecule has 2 aromatic rings. The van der Waals surface area contributed by atoms with E-state index in [-0.39, 0.29) is 10.7 Å². The number of carbonyl (C=O) groups excluding carboxylic acids is 2. The number of ketones is 1. The van der Waals surface area contributed by atoms with Crippen molar-refractivity contribution in [2.24, 2.45) is 10.2 Å². The van der Waals surface area contributed by atoms with Gasteiger partial charge in [-0.15, -0.1) is 0 Å². The van der Waals surface area contributed by atoms with Crippen LogP contribution in [0.5, 0.6) is 11.5 Å². The molecule has 28 heavy (non-hydrogen) atoms. The summed E-state index contributed by atoms with van der Waals surface area (Å²) in [6, 6.07) is 6.80. The van der Waals surface area contributed by atoms with E-state index < -0.39 is 17.7 Å². The van der Waals surface area contributed by atoms with Crippen LogP contribution in [0.1, 0.15) is 12.5 Å². The summed E-state index contributed by atoms with van der Waals surface area (Å²) < 4.78 is 10.3. The van der Waals surface area contributed by atoms with E-state index in [0.717, 1.165) is 5.56 Å². The normalized spacial score (nSPS) is 11.9. The first-order valence-electron chi connectivity index (χ1n) is 8.16. The molecule has 0 saturated heterocycles. The Bertz CT molecular complexity index is 932. The second kappa shape index (κ2) is 9.52. The van der Waals surface area contributed by atoms with Gasteiger partial charge in [0.15, 0.2) is 5.78 Å². The Labute approximate surface area is 172 Å². The maximum Gasteiger partial charge on any atom is 0.258 e. The van der Waals surface area contributed by atoms with Crippen molar-refractivity contribution in [3.8, 4) is 11.5 Å². The van der Waals surface area contributed by atoms with Crippen molar-refractivity contribution in [1.29, 1.82) is 0 Å². The van der Waals surface area contributed by atoms with Gasteiger partial charge >= 0.3 is 0 Å². The average molecular weight is 424 g/mol. The zero-order chi connectivity index (χ0) is 20.8. The summed E-state index contributed by atoms with van der Waals surface area (Å²) in [5.41, 5.74) is 1.49. The molecular formula is C19H19Cl2N3O4. The molecule has 0 bridgehead atoms. The van der Waals surface area contributed by atoms with Crippen molar-refractivity contribution in [3.63, 3.8) is 0 Å². The molecule has 0 aliphatic heterocycles. The highest BCUT2D eigenvalue weighted by Gasteiger charge is 2.25. The van der Waals surface area contributed by atoms with E-state index >= 15 is 0 Å². The fraction of sp³-hybridized carbons (Fsp3) is 0.263. The summed E-state index contributed by atoms with van der Waals surface area (Å²) >= 11 is 12.2. The number of benzene rings is 2. The minimum Gasteiger partial charge on any atom is -0.497 e. The van der Waals surface area contributed by atoms with E-state index in [9.17, 15) is 9.59 Å². The molecule has 0 aliphatic carbocycles. The van der Waals surface area contributed by atoms with E-state index in [1.165, 1.54) is 27.2 Å². The third-order valence-electron chi connectivity index (χ3n) is 3.81. The van der Waals surface area contributed by atoms with E-state index in [2.05, 4.69) is 15.5 Å². The third kappa shape index (κ3) is 5.21. The summed E-state index contributed by atoms with van der Waals surface area (Å²) in [4.78, 5) is 24.6. The second-order valence-corrected chi connectivity index (χ2v) is 6.65. The van der Waals surface area contributed by atoms with Gasteiger partial charge in [0.2, 0.25) is 6.04 Å². The molecule has 1 atom stereocenters. The lowest BCUT2D eigenvalue weighted by Crippen LogP contribution is -2.32. The standard InChI is InChI=1S/C19H19Cl2N3O4/c1-10-5-6-12(20)7-14(10)23-24-18(11(2)25)19(26)22-15-8-13(27-3)9-16(28-4)17(15)21/h5-9,18H,1-4H3,(H,22,26). The maximum atomic E-state index is 12.6. The summed E-state index contributed by atoms with van der Waals surface area (Å²) in [5, 5.41) is 11.1. The molecule has 0 aliphatic rings. The predicted octanol–water partition coefficient (Wildman–Crippen LogP) is 5.00. The van der Waals surface area contributed by atoms with Crippen molar-refractivity contribution in [2.45, 2.75) is 19.9 Å². The van der Waals surface area contributed by atoms with Crippen LogP contribution in [0.15, 0.2) is 40.6 Å². The smallest absolute Gasteiger partial charge is 0.258 e. The van der Waals surface area contributed by atoms with Crippen molar-refractivity contribution >= 4 is 46.3 Å². The molecule has 1 amide bonds. The van der Waals surface area contributed by atoms with E-state index in [0.29, 0.717) is 22.2 Å². The largest absolute Gasteiger partial charge is 0.497 e. The number of rotatable bonds is 7. The first-order valence-corrected chi connectivity index (χ1v) is 8.92. The van der Waals surface area contributed by atoms with Crippen LogP contribution in [0, 0.1) is 6.92 Å². The van der Waals surface area contributed by atoms with Crippen LogP contribution in [0.25, 0.3) is 0 Å². The van der Waals surface area contributed by atoms with Crippen LogP contribution in [-0.2, 0) is 9.59 Å². The van der Waals surface area contributed by atoms with Gasteiger partial charge in [0.25, 0.3) is 5.91 Å². The summed E-state index contributed by atoms with van der Waals surface area (Å²) in [7, 11) is 2.90. The number of hydrogen-bond acceptors (Lipinski definition) is 6. The summed E-state index contributed by atoms with van der Waals surface area (Å²) in [6.45, 7) is 3.07. The topological polar surface area (TPSA) is 89.4 Å². The van der Waals surface area contributed by atoms with E-state index in [1.54, 1.807) is 24.3 Å². The van der Waals surface area contributed by atoms with Crippen LogP contribution in [-0.4, -0.2) is 32.0 Å². The number of nitrogens with one attached hydrogen (secondary N) is 1. The molecule has 0 fully saturated rings. The zero-order valence-electron chi connectivity index (χ0n) is 15.7. The van der Waals surface area contributed by atoms with Gasteiger partial charge in [0, 0.05) is 17.2 Å². The SMILES string of the molecule is COc1cc(NC(=O)C(N=Nc2cc(Cl)ccc2C)C(C)=O)c(Cl)c(OC)c1. The molecule has 2 rings (SSSR count). The Kier molecular flexibility index (Phi) is 7.37. The van der Waals surface area contributed by atoms with E-state index in [1.807, 2.05) is 6.92 Å². The van der Waals surface area contributed by atoms with Crippen LogP contribution in [0.3, 0.4) is 0 Å². The number of hydrogen-bond donors (Lipinski definition) is 1. The average Bonchev–Trinajstić information content (AvgIpc) is 2.65. The van der Waals surface area contributed by atoms with Crippen LogP contribution < -0.4 is 14.8 Å². The van der Waals surface area contributed by atoms with Gasteiger partial charge in [-0.3, -0.25) is 9.59 Å².